The van der Waals surface area contributed by atoms with Crippen molar-refractivity contribution in [3.8, 4) is 5.75 Å². The number of thiophene rings is 1. The number of nitro groups is 1. The number of benzene rings is 1. The monoisotopic (exact) mass is 292 g/mol. The van der Waals surface area contributed by atoms with Crippen molar-refractivity contribution in [3.05, 3.63) is 50.9 Å². The van der Waals surface area contributed by atoms with Gasteiger partial charge >= 0.3 is 5.00 Å². The molecular formula is C14H16N2O3S. The van der Waals surface area contributed by atoms with E-state index in [-0.39, 0.29) is 9.92 Å². The van der Waals surface area contributed by atoms with E-state index in [1.807, 2.05) is 32.0 Å². The summed E-state index contributed by atoms with van der Waals surface area (Å²) in [5.74, 6) is 0.804. The van der Waals surface area contributed by atoms with Gasteiger partial charge in [-0.1, -0.05) is 17.4 Å². The molecule has 20 heavy (non-hydrogen) atoms. The topological polar surface area (TPSA) is 64.4 Å². The number of nitrogens with one attached hydrogen (secondary N) is 1. The molecule has 1 N–H and O–H groups in total. The van der Waals surface area contributed by atoms with Crippen LogP contribution in [0.5, 0.6) is 5.75 Å². The number of rotatable bonds is 6. The average Bonchev–Trinajstić information content (AvgIpc) is 2.87. The van der Waals surface area contributed by atoms with E-state index in [0.29, 0.717) is 13.2 Å². The van der Waals surface area contributed by atoms with E-state index in [9.17, 15) is 10.1 Å². The van der Waals surface area contributed by atoms with Gasteiger partial charge in [-0.3, -0.25) is 10.1 Å². The fraction of sp³-hybridized carbons (Fsp3) is 0.286. The van der Waals surface area contributed by atoms with Crippen LogP contribution in [0.25, 0.3) is 0 Å². The van der Waals surface area contributed by atoms with E-state index >= 15 is 0 Å². The molecule has 0 atom stereocenters. The highest BCUT2D eigenvalue weighted by Gasteiger charge is 2.10. The number of hydrogen-bond acceptors (Lipinski definition) is 5. The van der Waals surface area contributed by atoms with Gasteiger partial charge in [0.05, 0.1) is 17.2 Å². The Morgan fingerprint density at radius 1 is 1.35 bits per heavy atom. The molecular weight excluding hydrogens is 276 g/mol. The highest BCUT2D eigenvalue weighted by atomic mass is 32.1. The molecule has 0 fully saturated rings. The SMILES string of the molecule is CCOc1cc(C)ccc1NCc1ccc([N+](=O)[O-])s1. The van der Waals surface area contributed by atoms with Crippen LogP contribution < -0.4 is 10.1 Å². The fourth-order valence-electron chi connectivity index (χ4n) is 1.79. The van der Waals surface area contributed by atoms with Gasteiger partial charge in [0.2, 0.25) is 0 Å². The summed E-state index contributed by atoms with van der Waals surface area (Å²) >= 11 is 1.18. The Morgan fingerprint density at radius 3 is 2.80 bits per heavy atom. The molecule has 1 aromatic carbocycles. The molecule has 0 amide bonds. The van der Waals surface area contributed by atoms with Crippen LogP contribution in [-0.2, 0) is 6.54 Å². The van der Waals surface area contributed by atoms with Crippen LogP contribution in [0.3, 0.4) is 0 Å². The predicted molar refractivity (Wildman–Crippen MR) is 80.6 cm³/mol. The summed E-state index contributed by atoms with van der Waals surface area (Å²) in [5.41, 5.74) is 2.03. The molecule has 0 spiro atoms. The molecule has 0 saturated heterocycles. The first-order chi connectivity index (χ1) is 9.60. The van der Waals surface area contributed by atoms with E-state index in [1.165, 1.54) is 17.4 Å². The van der Waals surface area contributed by atoms with Gasteiger partial charge in [0.15, 0.2) is 0 Å². The fourth-order valence-corrected chi connectivity index (χ4v) is 2.55. The quantitative estimate of drug-likeness (QED) is 0.646. The Kier molecular flexibility index (Phi) is 4.57. The summed E-state index contributed by atoms with van der Waals surface area (Å²) in [7, 11) is 0. The molecule has 6 heteroatoms. The molecule has 0 aliphatic heterocycles. The molecule has 2 rings (SSSR count). The molecule has 2 aromatic rings. The third kappa shape index (κ3) is 3.48. The molecule has 0 bridgehead atoms. The highest BCUT2D eigenvalue weighted by Crippen LogP contribution is 2.28. The van der Waals surface area contributed by atoms with Crippen LogP contribution in [0.1, 0.15) is 17.4 Å². The van der Waals surface area contributed by atoms with Crippen LogP contribution in [0.15, 0.2) is 30.3 Å². The van der Waals surface area contributed by atoms with Gasteiger partial charge in [-0.25, -0.2) is 0 Å². The van der Waals surface area contributed by atoms with E-state index in [4.69, 9.17) is 4.74 Å². The number of hydrogen-bond donors (Lipinski definition) is 1. The highest BCUT2D eigenvalue weighted by molar-refractivity contribution is 7.15. The Morgan fingerprint density at radius 2 is 2.15 bits per heavy atom. The van der Waals surface area contributed by atoms with Crippen LogP contribution >= 0.6 is 11.3 Å². The van der Waals surface area contributed by atoms with Gasteiger partial charge in [0.25, 0.3) is 0 Å². The lowest BCUT2D eigenvalue weighted by Crippen LogP contribution is -2.02. The van der Waals surface area contributed by atoms with Crippen LogP contribution in [0.4, 0.5) is 10.7 Å². The van der Waals surface area contributed by atoms with Gasteiger partial charge in [0.1, 0.15) is 5.75 Å². The third-order valence-electron chi connectivity index (χ3n) is 2.72. The molecule has 106 valence electrons. The number of ether oxygens (including phenoxy) is 1. The molecule has 0 unspecified atom stereocenters. The zero-order valence-corrected chi connectivity index (χ0v) is 12.2. The minimum atomic E-state index is -0.369. The van der Waals surface area contributed by atoms with Gasteiger partial charge in [-0.2, -0.15) is 0 Å². The second-order valence-corrected chi connectivity index (χ2v) is 5.43. The average molecular weight is 292 g/mol. The molecule has 0 aliphatic carbocycles. The summed E-state index contributed by atoms with van der Waals surface area (Å²) in [4.78, 5) is 11.2. The van der Waals surface area contributed by atoms with Crippen molar-refractivity contribution in [2.24, 2.45) is 0 Å². The van der Waals surface area contributed by atoms with Crippen LogP contribution in [0.2, 0.25) is 0 Å². The minimum absolute atomic E-state index is 0.163. The van der Waals surface area contributed by atoms with Crippen molar-refractivity contribution < 1.29 is 9.66 Å². The molecule has 0 saturated carbocycles. The lowest BCUT2D eigenvalue weighted by atomic mass is 10.2. The van der Waals surface area contributed by atoms with Gasteiger partial charge < -0.3 is 10.1 Å². The number of anilines is 1. The number of nitrogens with zero attached hydrogens (tertiary/aromatic N) is 1. The predicted octanol–water partition coefficient (Wildman–Crippen LogP) is 3.98. The maximum absolute atomic E-state index is 10.6. The summed E-state index contributed by atoms with van der Waals surface area (Å²) in [6, 6.07) is 9.23. The second kappa shape index (κ2) is 6.38. The normalized spacial score (nSPS) is 10.3. The lowest BCUT2D eigenvalue weighted by molar-refractivity contribution is -0.380. The van der Waals surface area contributed by atoms with Gasteiger partial charge in [-0.15, -0.1) is 0 Å². The standard InChI is InChI=1S/C14H16N2O3S/c1-3-19-13-8-10(2)4-6-12(13)15-9-11-5-7-14(20-11)16(17)18/h4-8,15H,3,9H2,1-2H3. The van der Waals surface area contributed by atoms with Crippen molar-refractivity contribution in [2.75, 3.05) is 11.9 Å². The van der Waals surface area contributed by atoms with E-state index < -0.39 is 0 Å². The van der Waals surface area contributed by atoms with Crippen molar-refractivity contribution in [1.82, 2.24) is 0 Å². The second-order valence-electron chi connectivity index (χ2n) is 4.28. The first-order valence-electron chi connectivity index (χ1n) is 6.30. The largest absolute Gasteiger partial charge is 0.492 e. The van der Waals surface area contributed by atoms with Gasteiger partial charge in [-0.05, 0) is 37.6 Å². The minimum Gasteiger partial charge on any atom is -0.492 e. The maximum Gasteiger partial charge on any atom is 0.324 e. The molecule has 5 nitrogen and oxygen atoms in total. The summed E-state index contributed by atoms with van der Waals surface area (Å²) in [5, 5.41) is 14.1. The molecule has 0 aliphatic rings. The van der Waals surface area contributed by atoms with E-state index in [1.54, 1.807) is 6.07 Å². The van der Waals surface area contributed by atoms with Crippen LogP contribution in [0, 0.1) is 17.0 Å². The van der Waals surface area contributed by atoms with Gasteiger partial charge in [0, 0.05) is 17.5 Å². The molecule has 1 heterocycles. The summed E-state index contributed by atoms with van der Waals surface area (Å²) < 4.78 is 5.58. The van der Waals surface area contributed by atoms with Crippen molar-refractivity contribution in [3.63, 3.8) is 0 Å². The first kappa shape index (κ1) is 14.3. The number of aryl methyl sites for hydroxylation is 1. The van der Waals surface area contributed by atoms with Crippen LogP contribution in [-0.4, -0.2) is 11.5 Å². The van der Waals surface area contributed by atoms with Crippen molar-refractivity contribution >= 4 is 22.0 Å². The van der Waals surface area contributed by atoms with E-state index in [0.717, 1.165) is 21.9 Å². The maximum atomic E-state index is 10.6. The zero-order chi connectivity index (χ0) is 14.5. The van der Waals surface area contributed by atoms with Crippen molar-refractivity contribution in [2.45, 2.75) is 20.4 Å². The summed E-state index contributed by atoms with van der Waals surface area (Å²) in [6.45, 7) is 5.09. The lowest BCUT2D eigenvalue weighted by Gasteiger charge is -2.12. The Labute approximate surface area is 121 Å². The summed E-state index contributed by atoms with van der Waals surface area (Å²) in [6.07, 6.45) is 0. The smallest absolute Gasteiger partial charge is 0.324 e. The van der Waals surface area contributed by atoms with Crippen molar-refractivity contribution in [1.29, 1.82) is 0 Å². The third-order valence-corrected chi connectivity index (χ3v) is 3.75. The Bertz CT molecular complexity index is 610. The Hall–Kier alpha value is -2.08. The Balaban J connectivity index is 2.07. The zero-order valence-electron chi connectivity index (χ0n) is 11.4. The molecule has 1 aromatic heterocycles. The first-order valence-corrected chi connectivity index (χ1v) is 7.12. The van der Waals surface area contributed by atoms with E-state index in [2.05, 4.69) is 5.32 Å². The molecule has 0 radical (unpaired) electrons.